The molecule has 0 aliphatic carbocycles. The molecule has 0 aromatic rings. The zero-order chi connectivity index (χ0) is 11.0. The molecule has 0 radical (unpaired) electrons. The van der Waals surface area contributed by atoms with Crippen molar-refractivity contribution in [1.29, 1.82) is 0 Å². The maximum Gasteiger partial charge on any atom is 0.211 e. The smallest absolute Gasteiger partial charge is 0.211 e. The molecule has 0 atom stereocenters. The standard InChI is InChI=1S/C10H20O2SSi/c1-8(2)11-10(12-9(3)4)14-7-5-6-13/h10,13H,1,3,5-7,14H2,2,4H3. The highest BCUT2D eigenvalue weighted by molar-refractivity contribution is 7.80. The first-order chi connectivity index (χ1) is 6.56. The Morgan fingerprint density at radius 2 is 1.79 bits per heavy atom. The van der Waals surface area contributed by atoms with Crippen LogP contribution in [0.1, 0.15) is 20.3 Å². The number of thiol groups is 1. The molecular weight excluding hydrogens is 212 g/mol. The fourth-order valence-corrected chi connectivity index (χ4v) is 3.33. The molecule has 0 N–H and O–H groups in total. The Bertz CT molecular complexity index is 179. The fourth-order valence-electron chi connectivity index (χ4n) is 1.01. The molecular formula is C10H20O2SSi. The Labute approximate surface area is 94.6 Å². The van der Waals surface area contributed by atoms with Gasteiger partial charge in [0.25, 0.3) is 0 Å². The van der Waals surface area contributed by atoms with E-state index in [1.807, 2.05) is 13.8 Å². The number of allylic oxidation sites excluding steroid dienone is 2. The molecule has 0 bridgehead atoms. The van der Waals surface area contributed by atoms with Crippen LogP contribution in [0.15, 0.2) is 24.7 Å². The number of rotatable bonds is 8. The zero-order valence-corrected chi connectivity index (χ0v) is 11.4. The molecule has 0 fully saturated rings. The van der Waals surface area contributed by atoms with Gasteiger partial charge in [0.1, 0.15) is 9.52 Å². The fraction of sp³-hybridized carbons (Fsp3) is 0.600. The van der Waals surface area contributed by atoms with Crippen molar-refractivity contribution in [2.24, 2.45) is 0 Å². The highest BCUT2D eigenvalue weighted by Gasteiger charge is 2.10. The number of hydrogen-bond donors (Lipinski definition) is 1. The third kappa shape index (κ3) is 8.25. The summed E-state index contributed by atoms with van der Waals surface area (Å²) in [5, 5.41) is 0. The van der Waals surface area contributed by atoms with Gasteiger partial charge < -0.3 is 9.47 Å². The summed E-state index contributed by atoms with van der Waals surface area (Å²) in [6.07, 6.45) is 1.13. The molecule has 0 aromatic heterocycles. The van der Waals surface area contributed by atoms with E-state index in [9.17, 15) is 0 Å². The van der Waals surface area contributed by atoms with Crippen LogP contribution in [-0.4, -0.2) is 21.2 Å². The van der Waals surface area contributed by atoms with Crippen LogP contribution in [0.5, 0.6) is 0 Å². The molecule has 0 spiro atoms. The first kappa shape index (κ1) is 13.6. The molecule has 82 valence electrons. The minimum atomic E-state index is -0.386. The molecule has 0 amide bonds. The van der Waals surface area contributed by atoms with E-state index < -0.39 is 0 Å². The summed E-state index contributed by atoms with van der Waals surface area (Å²) in [6.45, 7) is 11.1. The molecule has 0 saturated heterocycles. The van der Waals surface area contributed by atoms with E-state index >= 15 is 0 Å². The van der Waals surface area contributed by atoms with Crippen molar-refractivity contribution < 1.29 is 9.47 Å². The van der Waals surface area contributed by atoms with Crippen molar-refractivity contribution >= 4 is 22.1 Å². The summed E-state index contributed by atoms with van der Waals surface area (Å²) in [5.74, 6) is 2.23. The van der Waals surface area contributed by atoms with E-state index in [2.05, 4.69) is 25.8 Å². The van der Waals surface area contributed by atoms with E-state index in [0.29, 0.717) is 11.5 Å². The molecule has 0 rings (SSSR count). The van der Waals surface area contributed by atoms with Crippen LogP contribution < -0.4 is 0 Å². The first-order valence-electron chi connectivity index (χ1n) is 4.81. The molecule has 0 saturated carbocycles. The third-order valence-electron chi connectivity index (χ3n) is 1.51. The lowest BCUT2D eigenvalue weighted by Gasteiger charge is -2.20. The van der Waals surface area contributed by atoms with Gasteiger partial charge >= 0.3 is 0 Å². The summed E-state index contributed by atoms with van der Waals surface area (Å²) < 4.78 is 10.9. The second-order valence-electron chi connectivity index (χ2n) is 3.29. The van der Waals surface area contributed by atoms with Crippen LogP contribution in [0.3, 0.4) is 0 Å². The number of hydrogen-bond acceptors (Lipinski definition) is 3. The Kier molecular flexibility index (Phi) is 7.80. The van der Waals surface area contributed by atoms with Crippen LogP contribution >= 0.6 is 12.6 Å². The van der Waals surface area contributed by atoms with Gasteiger partial charge in [-0.25, -0.2) is 0 Å². The summed E-state index contributed by atoms with van der Waals surface area (Å²) in [6, 6.07) is 1.18. The lowest BCUT2D eigenvalue weighted by Crippen LogP contribution is -2.23. The Balaban J connectivity index is 3.84. The van der Waals surface area contributed by atoms with Gasteiger partial charge in [-0.3, -0.25) is 0 Å². The Hall–Kier alpha value is -0.353. The maximum absolute atomic E-state index is 5.47. The van der Waals surface area contributed by atoms with Crippen LogP contribution in [-0.2, 0) is 9.47 Å². The van der Waals surface area contributed by atoms with Crippen molar-refractivity contribution in [2.75, 3.05) is 5.75 Å². The topological polar surface area (TPSA) is 18.5 Å². The molecule has 0 aliphatic rings. The van der Waals surface area contributed by atoms with Gasteiger partial charge in [-0.2, -0.15) is 12.6 Å². The Morgan fingerprint density at radius 3 is 2.14 bits per heavy atom. The molecule has 0 unspecified atom stereocenters. The maximum atomic E-state index is 5.47. The highest BCUT2D eigenvalue weighted by atomic mass is 32.1. The third-order valence-corrected chi connectivity index (χ3v) is 3.54. The lowest BCUT2D eigenvalue weighted by atomic mass is 10.6. The minimum Gasteiger partial charge on any atom is -0.465 e. The van der Waals surface area contributed by atoms with Gasteiger partial charge in [-0.05, 0) is 26.0 Å². The van der Waals surface area contributed by atoms with E-state index in [1.165, 1.54) is 6.04 Å². The van der Waals surface area contributed by atoms with Crippen LogP contribution in [0.2, 0.25) is 6.04 Å². The van der Waals surface area contributed by atoms with Crippen molar-refractivity contribution in [1.82, 2.24) is 0 Å². The lowest BCUT2D eigenvalue weighted by molar-refractivity contribution is -0.0252. The molecule has 4 heteroatoms. The average Bonchev–Trinajstić information content (AvgIpc) is 2.02. The van der Waals surface area contributed by atoms with E-state index in [4.69, 9.17) is 9.47 Å². The van der Waals surface area contributed by atoms with E-state index in [0.717, 1.165) is 12.2 Å². The zero-order valence-electron chi connectivity index (χ0n) is 9.08. The largest absolute Gasteiger partial charge is 0.465 e. The van der Waals surface area contributed by atoms with Gasteiger partial charge in [-0.15, -0.1) is 0 Å². The van der Waals surface area contributed by atoms with Crippen LogP contribution in [0.4, 0.5) is 0 Å². The average molecular weight is 232 g/mol. The van der Waals surface area contributed by atoms with Gasteiger partial charge in [0.2, 0.25) is 5.91 Å². The predicted octanol–water partition coefficient (Wildman–Crippen LogP) is 2.28. The first-order valence-corrected chi connectivity index (χ1v) is 7.26. The van der Waals surface area contributed by atoms with Crippen molar-refractivity contribution in [3.63, 3.8) is 0 Å². The molecule has 0 aromatic carbocycles. The Morgan fingerprint density at radius 1 is 1.29 bits per heavy atom. The van der Waals surface area contributed by atoms with Gasteiger partial charge in [-0.1, -0.05) is 19.2 Å². The molecule has 2 nitrogen and oxygen atoms in total. The normalized spacial score (nSPS) is 10.9. The summed E-state index contributed by atoms with van der Waals surface area (Å²) >= 11 is 4.17. The monoisotopic (exact) mass is 232 g/mol. The van der Waals surface area contributed by atoms with E-state index in [-0.39, 0.29) is 15.4 Å². The van der Waals surface area contributed by atoms with Gasteiger partial charge in [0, 0.05) is 0 Å². The van der Waals surface area contributed by atoms with Crippen molar-refractivity contribution in [3.05, 3.63) is 24.7 Å². The highest BCUT2D eigenvalue weighted by Crippen LogP contribution is 2.07. The summed E-state index contributed by atoms with van der Waals surface area (Å²) in [7, 11) is -0.386. The van der Waals surface area contributed by atoms with Gasteiger partial charge in [0.15, 0.2) is 0 Å². The number of ether oxygens (including phenoxy) is 2. The predicted molar refractivity (Wildman–Crippen MR) is 67.4 cm³/mol. The summed E-state index contributed by atoms with van der Waals surface area (Å²) in [5.41, 5.74) is 0. The minimum absolute atomic E-state index is 0.107. The SMILES string of the molecule is C=C(C)OC(OC(=C)C)[SiH2]CCCS. The van der Waals surface area contributed by atoms with E-state index in [1.54, 1.807) is 0 Å². The molecule has 14 heavy (non-hydrogen) atoms. The van der Waals surface area contributed by atoms with Gasteiger partial charge in [0.05, 0.1) is 11.5 Å². The summed E-state index contributed by atoms with van der Waals surface area (Å²) in [4.78, 5) is 0. The molecule has 0 heterocycles. The molecule has 0 aliphatic heterocycles. The van der Waals surface area contributed by atoms with Crippen LogP contribution in [0.25, 0.3) is 0 Å². The second kappa shape index (κ2) is 8.00. The van der Waals surface area contributed by atoms with Crippen molar-refractivity contribution in [2.45, 2.75) is 32.2 Å². The van der Waals surface area contributed by atoms with Crippen LogP contribution in [0, 0.1) is 0 Å². The quantitative estimate of drug-likeness (QED) is 0.227. The second-order valence-corrected chi connectivity index (χ2v) is 5.69. The van der Waals surface area contributed by atoms with Crippen molar-refractivity contribution in [3.8, 4) is 0 Å².